The fraction of sp³-hybridized carbons (Fsp3) is 0.286. The molecule has 0 spiro atoms. The van der Waals surface area contributed by atoms with E-state index in [-0.39, 0.29) is 16.7 Å². The summed E-state index contributed by atoms with van der Waals surface area (Å²) in [4.78, 5) is 11.7. The van der Waals surface area contributed by atoms with Gasteiger partial charge in [-0.2, -0.15) is 10.4 Å². The number of azo groups is 1. The standard InChI is InChI=1S/C14H15N5O/c1-14(2,3)12-11(13(20)19-18-12)17-16-10-6-4-5-9(7-10)8-15/h4-7H,1-3H3,(H2,18,19,20). The number of benzene rings is 1. The number of H-pyrrole nitrogens is 2. The molecule has 0 aliphatic carbocycles. The number of nitrogens with one attached hydrogen (secondary N) is 2. The maximum absolute atomic E-state index is 11.7. The molecular weight excluding hydrogens is 254 g/mol. The lowest BCUT2D eigenvalue weighted by molar-refractivity contribution is 0.567. The van der Waals surface area contributed by atoms with Crippen LogP contribution in [0.5, 0.6) is 0 Å². The first-order valence-corrected chi connectivity index (χ1v) is 6.15. The Hall–Kier alpha value is -2.68. The Morgan fingerprint density at radius 3 is 2.60 bits per heavy atom. The molecule has 0 saturated carbocycles. The van der Waals surface area contributed by atoms with Gasteiger partial charge in [0.25, 0.3) is 5.56 Å². The molecule has 0 bridgehead atoms. The van der Waals surface area contributed by atoms with Gasteiger partial charge in [0.1, 0.15) is 0 Å². The Kier molecular flexibility index (Phi) is 3.53. The van der Waals surface area contributed by atoms with Crippen molar-refractivity contribution in [2.24, 2.45) is 10.2 Å². The third-order valence-electron chi connectivity index (χ3n) is 2.74. The van der Waals surface area contributed by atoms with Crippen LogP contribution in [0.4, 0.5) is 11.4 Å². The van der Waals surface area contributed by atoms with Gasteiger partial charge in [0.05, 0.1) is 23.0 Å². The van der Waals surface area contributed by atoms with Crippen molar-refractivity contribution >= 4 is 11.4 Å². The average molecular weight is 269 g/mol. The van der Waals surface area contributed by atoms with Crippen molar-refractivity contribution < 1.29 is 0 Å². The minimum atomic E-state index is -0.310. The van der Waals surface area contributed by atoms with Crippen LogP contribution in [-0.2, 0) is 5.41 Å². The SMILES string of the molecule is CC(C)(C)c1[nH][nH]c(=O)c1N=Nc1cccc(C#N)c1. The third-order valence-corrected chi connectivity index (χ3v) is 2.74. The topological polar surface area (TPSA) is 97.2 Å². The fourth-order valence-electron chi connectivity index (χ4n) is 1.73. The molecule has 102 valence electrons. The molecule has 2 aromatic rings. The van der Waals surface area contributed by atoms with E-state index in [9.17, 15) is 4.79 Å². The van der Waals surface area contributed by atoms with Gasteiger partial charge in [-0.25, -0.2) is 0 Å². The zero-order valence-electron chi connectivity index (χ0n) is 11.6. The van der Waals surface area contributed by atoms with Gasteiger partial charge >= 0.3 is 0 Å². The minimum absolute atomic E-state index is 0.248. The second-order valence-corrected chi connectivity index (χ2v) is 5.41. The first-order valence-electron chi connectivity index (χ1n) is 6.15. The molecule has 0 saturated heterocycles. The van der Waals surface area contributed by atoms with Crippen molar-refractivity contribution in [3.63, 3.8) is 0 Å². The van der Waals surface area contributed by atoms with Crippen LogP contribution in [0.25, 0.3) is 0 Å². The molecule has 0 radical (unpaired) electrons. The fourth-order valence-corrected chi connectivity index (χ4v) is 1.73. The zero-order valence-corrected chi connectivity index (χ0v) is 11.6. The number of rotatable bonds is 2. The number of aromatic amines is 2. The van der Waals surface area contributed by atoms with Gasteiger partial charge in [-0.15, -0.1) is 5.11 Å². The highest BCUT2D eigenvalue weighted by Crippen LogP contribution is 2.27. The van der Waals surface area contributed by atoms with Crippen molar-refractivity contribution in [1.29, 1.82) is 5.26 Å². The molecule has 6 nitrogen and oxygen atoms in total. The number of hydrogen-bond acceptors (Lipinski definition) is 4. The van der Waals surface area contributed by atoms with Crippen LogP contribution in [-0.4, -0.2) is 10.2 Å². The minimum Gasteiger partial charge on any atom is -0.299 e. The van der Waals surface area contributed by atoms with Crippen molar-refractivity contribution in [3.8, 4) is 6.07 Å². The van der Waals surface area contributed by atoms with Gasteiger partial charge in [0.2, 0.25) is 0 Å². The summed E-state index contributed by atoms with van der Waals surface area (Å²) in [7, 11) is 0. The van der Waals surface area contributed by atoms with E-state index in [0.717, 1.165) is 0 Å². The van der Waals surface area contributed by atoms with E-state index in [4.69, 9.17) is 5.26 Å². The van der Waals surface area contributed by atoms with Gasteiger partial charge in [-0.3, -0.25) is 15.0 Å². The Balaban J connectivity index is 2.40. The molecule has 0 fully saturated rings. The lowest BCUT2D eigenvalue weighted by Gasteiger charge is -2.15. The van der Waals surface area contributed by atoms with E-state index in [1.807, 2.05) is 26.8 Å². The summed E-state index contributed by atoms with van der Waals surface area (Å²) < 4.78 is 0. The summed E-state index contributed by atoms with van der Waals surface area (Å²) in [5, 5.41) is 22.2. The number of hydrogen-bond donors (Lipinski definition) is 2. The molecule has 2 N–H and O–H groups in total. The molecule has 0 amide bonds. The van der Waals surface area contributed by atoms with E-state index >= 15 is 0 Å². The van der Waals surface area contributed by atoms with Crippen LogP contribution >= 0.6 is 0 Å². The maximum Gasteiger partial charge on any atom is 0.292 e. The molecular formula is C14H15N5O. The molecule has 0 unspecified atom stereocenters. The number of aromatic nitrogens is 2. The van der Waals surface area contributed by atoms with Crippen molar-refractivity contribution in [2.75, 3.05) is 0 Å². The van der Waals surface area contributed by atoms with Crippen LogP contribution in [0.15, 0.2) is 39.3 Å². The Labute approximate surface area is 116 Å². The number of nitrogens with zero attached hydrogens (tertiary/aromatic N) is 3. The molecule has 0 atom stereocenters. The molecule has 0 aliphatic heterocycles. The highest BCUT2D eigenvalue weighted by atomic mass is 16.1. The summed E-state index contributed by atoms with van der Waals surface area (Å²) >= 11 is 0. The van der Waals surface area contributed by atoms with E-state index in [1.165, 1.54) is 0 Å². The highest BCUT2D eigenvalue weighted by Gasteiger charge is 2.22. The van der Waals surface area contributed by atoms with Crippen LogP contribution < -0.4 is 5.56 Å². The zero-order chi connectivity index (χ0) is 14.8. The molecule has 6 heteroatoms. The van der Waals surface area contributed by atoms with E-state index in [1.54, 1.807) is 24.3 Å². The van der Waals surface area contributed by atoms with E-state index < -0.39 is 0 Å². The van der Waals surface area contributed by atoms with Crippen LogP contribution in [0, 0.1) is 11.3 Å². The Morgan fingerprint density at radius 2 is 1.95 bits per heavy atom. The summed E-state index contributed by atoms with van der Waals surface area (Å²) in [6, 6.07) is 8.77. The van der Waals surface area contributed by atoms with E-state index in [2.05, 4.69) is 20.4 Å². The van der Waals surface area contributed by atoms with Crippen molar-refractivity contribution in [1.82, 2.24) is 10.2 Å². The predicted octanol–water partition coefficient (Wildman–Crippen LogP) is 3.29. The van der Waals surface area contributed by atoms with Gasteiger partial charge in [0.15, 0.2) is 5.69 Å². The maximum atomic E-state index is 11.7. The van der Waals surface area contributed by atoms with Crippen molar-refractivity contribution in [3.05, 3.63) is 45.9 Å². The highest BCUT2D eigenvalue weighted by molar-refractivity contribution is 5.47. The monoisotopic (exact) mass is 269 g/mol. The van der Waals surface area contributed by atoms with Gasteiger partial charge in [-0.1, -0.05) is 26.8 Å². The Bertz CT molecular complexity index is 740. The number of nitriles is 1. The molecule has 20 heavy (non-hydrogen) atoms. The normalized spacial score (nSPS) is 11.7. The van der Waals surface area contributed by atoms with Gasteiger partial charge < -0.3 is 0 Å². The quantitative estimate of drug-likeness (QED) is 0.818. The van der Waals surface area contributed by atoms with Crippen molar-refractivity contribution in [2.45, 2.75) is 26.2 Å². The molecule has 1 heterocycles. The summed E-state index contributed by atoms with van der Waals surface area (Å²) in [5.74, 6) is 0. The molecule has 0 aliphatic rings. The lowest BCUT2D eigenvalue weighted by atomic mass is 9.91. The second-order valence-electron chi connectivity index (χ2n) is 5.41. The Morgan fingerprint density at radius 1 is 1.20 bits per heavy atom. The largest absolute Gasteiger partial charge is 0.299 e. The second kappa shape index (κ2) is 5.13. The average Bonchev–Trinajstić information content (AvgIpc) is 2.78. The molecule has 1 aromatic carbocycles. The first kappa shape index (κ1) is 13.7. The summed E-state index contributed by atoms with van der Waals surface area (Å²) in [6.45, 7) is 5.92. The van der Waals surface area contributed by atoms with Crippen LogP contribution in [0.2, 0.25) is 0 Å². The summed E-state index contributed by atoms with van der Waals surface area (Å²) in [5.41, 5.74) is 1.44. The van der Waals surface area contributed by atoms with Crippen LogP contribution in [0.3, 0.4) is 0 Å². The lowest BCUT2D eigenvalue weighted by Crippen LogP contribution is -2.12. The third kappa shape index (κ3) is 2.83. The van der Waals surface area contributed by atoms with Gasteiger partial charge in [-0.05, 0) is 18.2 Å². The molecule has 1 aromatic heterocycles. The van der Waals surface area contributed by atoms with Crippen LogP contribution in [0.1, 0.15) is 32.0 Å². The first-order chi connectivity index (χ1) is 9.41. The smallest absolute Gasteiger partial charge is 0.292 e. The predicted molar refractivity (Wildman–Crippen MR) is 75.4 cm³/mol. The van der Waals surface area contributed by atoms with E-state index in [0.29, 0.717) is 16.9 Å². The molecule has 2 rings (SSSR count). The van der Waals surface area contributed by atoms with Gasteiger partial charge in [0, 0.05) is 5.41 Å². The summed E-state index contributed by atoms with van der Waals surface area (Å²) in [6.07, 6.45) is 0.